The maximum absolute atomic E-state index is 6.11. The largest absolute Gasteiger partial charge is 0.379 e. The number of hydrogen-bond donors (Lipinski definition) is 1. The van der Waals surface area contributed by atoms with Crippen molar-refractivity contribution < 1.29 is 4.74 Å². The Morgan fingerprint density at radius 1 is 1.06 bits per heavy atom. The molecule has 1 atom stereocenters. The fourth-order valence-corrected chi connectivity index (χ4v) is 1.98. The molecule has 0 heterocycles. The number of unbranched alkanes of at least 4 members (excludes halogenated alkanes) is 2. The predicted molar refractivity (Wildman–Crippen MR) is 77.7 cm³/mol. The van der Waals surface area contributed by atoms with E-state index < -0.39 is 0 Å². The highest BCUT2D eigenvalue weighted by molar-refractivity contribution is 5.24. The lowest BCUT2D eigenvalue weighted by molar-refractivity contribution is 0.117. The summed E-state index contributed by atoms with van der Waals surface area (Å²) in [6, 6.07) is 8.61. The van der Waals surface area contributed by atoms with E-state index in [1.165, 1.54) is 30.4 Å². The van der Waals surface area contributed by atoms with Crippen LogP contribution in [0.15, 0.2) is 24.3 Å². The Morgan fingerprint density at radius 3 is 2.39 bits per heavy atom. The summed E-state index contributed by atoms with van der Waals surface area (Å²) < 4.78 is 5.60. The highest BCUT2D eigenvalue weighted by Crippen LogP contribution is 2.13. The minimum atomic E-state index is 0.00213. The molecule has 0 aliphatic heterocycles. The lowest BCUT2D eigenvalue weighted by Gasteiger charge is -2.13. The van der Waals surface area contributed by atoms with Crippen LogP contribution in [-0.4, -0.2) is 13.2 Å². The molecule has 1 aromatic rings. The third-order valence-electron chi connectivity index (χ3n) is 3.14. The first kappa shape index (κ1) is 15.2. The fraction of sp³-hybridized carbons (Fsp3) is 0.625. The van der Waals surface area contributed by atoms with Crippen molar-refractivity contribution in [3.05, 3.63) is 35.4 Å². The van der Waals surface area contributed by atoms with Gasteiger partial charge in [0, 0.05) is 6.61 Å². The molecule has 0 saturated heterocycles. The zero-order valence-corrected chi connectivity index (χ0v) is 11.8. The van der Waals surface area contributed by atoms with Crippen molar-refractivity contribution in [3.63, 3.8) is 0 Å². The fourth-order valence-electron chi connectivity index (χ4n) is 1.98. The Kier molecular flexibility index (Phi) is 7.70. The molecule has 18 heavy (non-hydrogen) atoms. The number of rotatable bonds is 9. The van der Waals surface area contributed by atoms with Crippen LogP contribution in [0.3, 0.4) is 0 Å². The standard InChI is InChI=1S/C16H27NO/c1-3-5-6-12-18-13-16(17)15-10-8-14(7-4-2)9-11-15/h8-11,16H,3-7,12-13,17H2,1-2H3. The summed E-state index contributed by atoms with van der Waals surface area (Å²) in [6.07, 6.45) is 5.93. The van der Waals surface area contributed by atoms with Crippen LogP contribution >= 0.6 is 0 Å². The first-order chi connectivity index (χ1) is 8.77. The zero-order chi connectivity index (χ0) is 13.2. The second kappa shape index (κ2) is 9.12. The molecule has 102 valence electrons. The van der Waals surface area contributed by atoms with E-state index in [1.807, 2.05) is 0 Å². The summed E-state index contributed by atoms with van der Waals surface area (Å²) in [5.74, 6) is 0. The van der Waals surface area contributed by atoms with Crippen molar-refractivity contribution in [2.75, 3.05) is 13.2 Å². The average Bonchev–Trinajstić information content (AvgIpc) is 2.39. The molecule has 0 aliphatic rings. The molecule has 2 N–H and O–H groups in total. The number of nitrogens with two attached hydrogens (primary N) is 1. The van der Waals surface area contributed by atoms with Crippen molar-refractivity contribution in [2.45, 2.75) is 52.0 Å². The molecule has 1 unspecified atom stereocenters. The summed E-state index contributed by atoms with van der Waals surface area (Å²) in [6.45, 7) is 5.85. The van der Waals surface area contributed by atoms with Crippen molar-refractivity contribution in [3.8, 4) is 0 Å². The molecule has 0 saturated carbocycles. The summed E-state index contributed by atoms with van der Waals surface area (Å²) >= 11 is 0. The summed E-state index contributed by atoms with van der Waals surface area (Å²) in [4.78, 5) is 0. The van der Waals surface area contributed by atoms with E-state index in [2.05, 4.69) is 38.1 Å². The Hall–Kier alpha value is -0.860. The topological polar surface area (TPSA) is 35.2 Å². The van der Waals surface area contributed by atoms with Gasteiger partial charge in [-0.25, -0.2) is 0 Å². The van der Waals surface area contributed by atoms with Gasteiger partial charge in [0.1, 0.15) is 0 Å². The second-order valence-electron chi connectivity index (χ2n) is 4.88. The van der Waals surface area contributed by atoms with Gasteiger partial charge in [-0.2, -0.15) is 0 Å². The number of benzene rings is 1. The normalized spacial score (nSPS) is 12.6. The van der Waals surface area contributed by atoms with Crippen LogP contribution in [0.5, 0.6) is 0 Å². The van der Waals surface area contributed by atoms with Crippen LogP contribution in [0.2, 0.25) is 0 Å². The molecule has 1 aromatic carbocycles. The smallest absolute Gasteiger partial charge is 0.0659 e. The first-order valence-corrected chi connectivity index (χ1v) is 7.20. The lowest BCUT2D eigenvalue weighted by atomic mass is 10.0. The molecule has 0 amide bonds. The van der Waals surface area contributed by atoms with E-state index >= 15 is 0 Å². The molecule has 0 bridgehead atoms. The quantitative estimate of drug-likeness (QED) is 0.675. The van der Waals surface area contributed by atoms with Crippen molar-refractivity contribution in [1.29, 1.82) is 0 Å². The Balaban J connectivity index is 2.30. The van der Waals surface area contributed by atoms with E-state index in [9.17, 15) is 0 Å². The molecule has 0 radical (unpaired) electrons. The van der Waals surface area contributed by atoms with E-state index in [4.69, 9.17) is 10.5 Å². The third kappa shape index (κ3) is 5.65. The van der Waals surface area contributed by atoms with Gasteiger partial charge in [-0.1, -0.05) is 57.4 Å². The van der Waals surface area contributed by atoms with Crippen LogP contribution in [0.1, 0.15) is 56.7 Å². The highest BCUT2D eigenvalue weighted by atomic mass is 16.5. The van der Waals surface area contributed by atoms with Gasteiger partial charge in [-0.05, 0) is 24.0 Å². The van der Waals surface area contributed by atoms with E-state index in [0.29, 0.717) is 6.61 Å². The maximum Gasteiger partial charge on any atom is 0.0659 e. The van der Waals surface area contributed by atoms with Crippen molar-refractivity contribution in [2.24, 2.45) is 5.73 Å². The van der Waals surface area contributed by atoms with Gasteiger partial charge in [-0.15, -0.1) is 0 Å². The van der Waals surface area contributed by atoms with Crippen LogP contribution in [-0.2, 0) is 11.2 Å². The number of aryl methyl sites for hydroxylation is 1. The number of ether oxygens (including phenoxy) is 1. The van der Waals surface area contributed by atoms with E-state index in [1.54, 1.807) is 0 Å². The summed E-state index contributed by atoms with van der Waals surface area (Å²) in [5, 5.41) is 0. The van der Waals surface area contributed by atoms with E-state index in [-0.39, 0.29) is 6.04 Å². The van der Waals surface area contributed by atoms with Gasteiger partial charge in [0.2, 0.25) is 0 Å². The zero-order valence-electron chi connectivity index (χ0n) is 11.8. The van der Waals surface area contributed by atoms with Gasteiger partial charge in [0.05, 0.1) is 12.6 Å². The van der Waals surface area contributed by atoms with Crippen LogP contribution < -0.4 is 5.73 Å². The average molecular weight is 249 g/mol. The minimum Gasteiger partial charge on any atom is -0.379 e. The first-order valence-electron chi connectivity index (χ1n) is 7.20. The molecule has 0 aliphatic carbocycles. The van der Waals surface area contributed by atoms with Gasteiger partial charge in [0.25, 0.3) is 0 Å². The Bertz CT molecular complexity index is 307. The highest BCUT2D eigenvalue weighted by Gasteiger charge is 2.05. The number of hydrogen-bond acceptors (Lipinski definition) is 2. The van der Waals surface area contributed by atoms with Crippen LogP contribution in [0, 0.1) is 0 Å². The van der Waals surface area contributed by atoms with Gasteiger partial charge in [0.15, 0.2) is 0 Å². The monoisotopic (exact) mass is 249 g/mol. The second-order valence-corrected chi connectivity index (χ2v) is 4.88. The van der Waals surface area contributed by atoms with Crippen molar-refractivity contribution >= 4 is 0 Å². The molecule has 0 spiro atoms. The van der Waals surface area contributed by atoms with E-state index in [0.717, 1.165) is 19.4 Å². The SMILES string of the molecule is CCCCCOCC(N)c1ccc(CCC)cc1. The van der Waals surface area contributed by atoms with Gasteiger partial charge in [-0.3, -0.25) is 0 Å². The molecule has 1 rings (SSSR count). The van der Waals surface area contributed by atoms with Crippen molar-refractivity contribution in [1.82, 2.24) is 0 Å². The Labute approximate surface area is 112 Å². The third-order valence-corrected chi connectivity index (χ3v) is 3.14. The molecule has 2 heteroatoms. The van der Waals surface area contributed by atoms with Gasteiger partial charge >= 0.3 is 0 Å². The molecular weight excluding hydrogens is 222 g/mol. The summed E-state index contributed by atoms with van der Waals surface area (Å²) in [7, 11) is 0. The summed E-state index contributed by atoms with van der Waals surface area (Å²) in [5.41, 5.74) is 8.67. The molecule has 0 aromatic heterocycles. The van der Waals surface area contributed by atoms with Crippen LogP contribution in [0.25, 0.3) is 0 Å². The van der Waals surface area contributed by atoms with Gasteiger partial charge < -0.3 is 10.5 Å². The predicted octanol–water partition coefficient (Wildman–Crippen LogP) is 3.85. The lowest BCUT2D eigenvalue weighted by Crippen LogP contribution is -2.17. The maximum atomic E-state index is 6.11. The molecular formula is C16H27NO. The minimum absolute atomic E-state index is 0.00213. The molecule has 2 nitrogen and oxygen atoms in total. The Morgan fingerprint density at radius 2 is 1.78 bits per heavy atom. The molecule has 0 fully saturated rings. The van der Waals surface area contributed by atoms with Crippen LogP contribution in [0.4, 0.5) is 0 Å².